The van der Waals surface area contributed by atoms with Gasteiger partial charge in [0, 0.05) is 26.2 Å². The zero-order valence-electron chi connectivity index (χ0n) is 13.9. The van der Waals surface area contributed by atoms with E-state index in [9.17, 15) is 18.0 Å². The summed E-state index contributed by atoms with van der Waals surface area (Å²) < 4.78 is 30.2. The Bertz CT molecular complexity index is 540. The predicted octanol–water partition coefficient (Wildman–Crippen LogP) is 0.460. The Hall–Kier alpha value is -1.15. The minimum absolute atomic E-state index is 0.0179. The number of piperidine rings is 2. The Morgan fingerprint density at radius 2 is 1.74 bits per heavy atom. The first-order chi connectivity index (χ1) is 10.9. The smallest absolute Gasteiger partial charge is 0.308 e. The number of carbonyl (C=O) groups is 2. The summed E-state index contributed by atoms with van der Waals surface area (Å²) >= 11 is 0. The number of methoxy groups -OCH3 is 1. The normalized spacial score (nSPS) is 24.4. The van der Waals surface area contributed by atoms with Crippen LogP contribution in [0.15, 0.2) is 0 Å². The summed E-state index contributed by atoms with van der Waals surface area (Å²) in [6, 6.07) is 0. The van der Waals surface area contributed by atoms with E-state index in [0.717, 1.165) is 6.42 Å². The number of esters is 1. The standard InChI is InChI=1S/C15H26N2O5S/c1-3-23(20,21)17-8-4-5-13(11-17)14(18)16-9-6-12(7-10-16)15(19)22-2/h12-13H,3-11H2,1-2H3/t13-/m0/s1. The van der Waals surface area contributed by atoms with Gasteiger partial charge in [0.15, 0.2) is 0 Å². The van der Waals surface area contributed by atoms with E-state index < -0.39 is 10.0 Å². The molecule has 0 spiro atoms. The van der Waals surface area contributed by atoms with Gasteiger partial charge < -0.3 is 9.64 Å². The summed E-state index contributed by atoms with van der Waals surface area (Å²) in [5, 5.41) is 0. The maximum Gasteiger partial charge on any atom is 0.308 e. The Kier molecular flexibility index (Phi) is 6.02. The molecular weight excluding hydrogens is 320 g/mol. The Morgan fingerprint density at radius 3 is 2.30 bits per heavy atom. The topological polar surface area (TPSA) is 84.0 Å². The number of carbonyl (C=O) groups excluding carboxylic acids is 2. The summed E-state index contributed by atoms with van der Waals surface area (Å²) in [4.78, 5) is 26.0. The number of likely N-dealkylation sites (tertiary alicyclic amines) is 1. The molecule has 8 heteroatoms. The fraction of sp³-hybridized carbons (Fsp3) is 0.867. The molecule has 0 bridgehead atoms. The number of rotatable bonds is 4. The Labute approximate surface area is 138 Å². The van der Waals surface area contributed by atoms with Gasteiger partial charge in [-0.05, 0) is 32.6 Å². The minimum atomic E-state index is -3.24. The Balaban J connectivity index is 1.92. The highest BCUT2D eigenvalue weighted by molar-refractivity contribution is 7.89. The van der Waals surface area contributed by atoms with Crippen molar-refractivity contribution in [2.75, 3.05) is 39.0 Å². The van der Waals surface area contributed by atoms with Gasteiger partial charge in [-0.1, -0.05) is 0 Å². The van der Waals surface area contributed by atoms with Gasteiger partial charge in [-0.3, -0.25) is 9.59 Å². The van der Waals surface area contributed by atoms with Crippen molar-refractivity contribution in [3.05, 3.63) is 0 Å². The second-order valence-corrected chi connectivity index (χ2v) is 8.48. The zero-order chi connectivity index (χ0) is 17.0. The molecule has 2 aliphatic rings. The largest absolute Gasteiger partial charge is 0.469 e. The van der Waals surface area contributed by atoms with Gasteiger partial charge in [0.25, 0.3) is 0 Å². The lowest BCUT2D eigenvalue weighted by Crippen LogP contribution is -2.49. The number of amides is 1. The van der Waals surface area contributed by atoms with Crippen LogP contribution in [-0.4, -0.2) is 68.5 Å². The van der Waals surface area contributed by atoms with Crippen LogP contribution >= 0.6 is 0 Å². The molecule has 1 amide bonds. The molecule has 0 aromatic heterocycles. The molecule has 0 N–H and O–H groups in total. The summed E-state index contributed by atoms with van der Waals surface area (Å²) in [5.41, 5.74) is 0. The van der Waals surface area contributed by atoms with Crippen molar-refractivity contribution in [3.8, 4) is 0 Å². The van der Waals surface area contributed by atoms with E-state index in [2.05, 4.69) is 0 Å². The molecule has 2 heterocycles. The second kappa shape index (κ2) is 7.61. The molecule has 0 radical (unpaired) electrons. The van der Waals surface area contributed by atoms with E-state index in [1.807, 2.05) is 0 Å². The van der Waals surface area contributed by atoms with Crippen LogP contribution < -0.4 is 0 Å². The highest BCUT2D eigenvalue weighted by atomic mass is 32.2. The van der Waals surface area contributed by atoms with Gasteiger partial charge in [-0.25, -0.2) is 12.7 Å². The first-order valence-corrected chi connectivity index (χ1v) is 9.84. The summed E-state index contributed by atoms with van der Waals surface area (Å²) in [7, 11) is -1.86. The highest BCUT2D eigenvalue weighted by Crippen LogP contribution is 2.25. The van der Waals surface area contributed by atoms with Crippen molar-refractivity contribution in [2.24, 2.45) is 11.8 Å². The third-order valence-corrected chi connectivity index (χ3v) is 6.68. The lowest BCUT2D eigenvalue weighted by atomic mass is 9.93. The van der Waals surface area contributed by atoms with Crippen LogP contribution in [0.5, 0.6) is 0 Å². The first kappa shape index (κ1) is 18.2. The molecule has 2 rings (SSSR count). The zero-order valence-corrected chi connectivity index (χ0v) is 14.7. The third kappa shape index (κ3) is 4.23. The average Bonchev–Trinajstić information content (AvgIpc) is 2.60. The fourth-order valence-electron chi connectivity index (χ4n) is 3.34. The summed E-state index contributed by atoms with van der Waals surface area (Å²) in [6.07, 6.45) is 2.67. The number of nitrogens with zero attached hydrogens (tertiary/aromatic N) is 2. The monoisotopic (exact) mass is 346 g/mol. The number of hydrogen-bond acceptors (Lipinski definition) is 5. The molecule has 0 aromatic carbocycles. The van der Waals surface area contributed by atoms with Crippen LogP contribution in [0, 0.1) is 11.8 Å². The van der Waals surface area contributed by atoms with Crippen molar-refractivity contribution in [2.45, 2.75) is 32.6 Å². The number of hydrogen-bond donors (Lipinski definition) is 0. The van der Waals surface area contributed by atoms with Gasteiger partial charge in [0.05, 0.1) is 24.7 Å². The van der Waals surface area contributed by atoms with Crippen molar-refractivity contribution in [1.82, 2.24) is 9.21 Å². The van der Waals surface area contributed by atoms with Gasteiger partial charge in [-0.15, -0.1) is 0 Å². The molecule has 7 nitrogen and oxygen atoms in total. The molecule has 132 valence electrons. The van der Waals surface area contributed by atoms with E-state index in [1.54, 1.807) is 11.8 Å². The summed E-state index contributed by atoms with van der Waals surface area (Å²) in [5.74, 6) is -0.523. The second-order valence-electron chi connectivity index (χ2n) is 6.22. The molecule has 2 fully saturated rings. The maximum absolute atomic E-state index is 12.6. The average molecular weight is 346 g/mol. The first-order valence-electron chi connectivity index (χ1n) is 8.23. The molecule has 0 unspecified atom stereocenters. The van der Waals surface area contributed by atoms with E-state index >= 15 is 0 Å². The molecule has 23 heavy (non-hydrogen) atoms. The molecular formula is C15H26N2O5S. The highest BCUT2D eigenvalue weighted by Gasteiger charge is 2.35. The minimum Gasteiger partial charge on any atom is -0.469 e. The SMILES string of the molecule is CCS(=O)(=O)N1CCC[C@H](C(=O)N2CCC(C(=O)OC)CC2)C1. The molecule has 1 atom stereocenters. The molecule has 2 saturated heterocycles. The van der Waals surface area contributed by atoms with Crippen LogP contribution in [0.3, 0.4) is 0 Å². The number of sulfonamides is 1. The lowest BCUT2D eigenvalue weighted by molar-refractivity contribution is -0.149. The van der Waals surface area contributed by atoms with Crippen LogP contribution in [0.25, 0.3) is 0 Å². The van der Waals surface area contributed by atoms with Crippen LogP contribution in [0.1, 0.15) is 32.6 Å². The van der Waals surface area contributed by atoms with Gasteiger partial charge in [0.2, 0.25) is 15.9 Å². The molecule has 0 saturated carbocycles. The number of ether oxygens (including phenoxy) is 1. The van der Waals surface area contributed by atoms with Gasteiger partial charge in [0.1, 0.15) is 0 Å². The van der Waals surface area contributed by atoms with Crippen LogP contribution in [-0.2, 0) is 24.3 Å². The van der Waals surface area contributed by atoms with E-state index in [4.69, 9.17) is 4.74 Å². The fourth-order valence-corrected chi connectivity index (χ4v) is 4.52. The third-order valence-electron chi connectivity index (χ3n) is 4.83. The Morgan fingerprint density at radius 1 is 1.09 bits per heavy atom. The van der Waals surface area contributed by atoms with Crippen molar-refractivity contribution in [3.63, 3.8) is 0 Å². The van der Waals surface area contributed by atoms with E-state index in [-0.39, 0.29) is 36.0 Å². The van der Waals surface area contributed by atoms with E-state index in [0.29, 0.717) is 38.9 Å². The van der Waals surface area contributed by atoms with E-state index in [1.165, 1.54) is 11.4 Å². The molecule has 2 aliphatic heterocycles. The van der Waals surface area contributed by atoms with Gasteiger partial charge >= 0.3 is 5.97 Å². The predicted molar refractivity (Wildman–Crippen MR) is 85.1 cm³/mol. The lowest BCUT2D eigenvalue weighted by Gasteiger charge is -2.36. The van der Waals surface area contributed by atoms with Gasteiger partial charge in [-0.2, -0.15) is 0 Å². The molecule has 0 aromatic rings. The van der Waals surface area contributed by atoms with Crippen molar-refractivity contribution in [1.29, 1.82) is 0 Å². The molecule has 0 aliphatic carbocycles. The quantitative estimate of drug-likeness (QED) is 0.691. The van der Waals surface area contributed by atoms with Crippen LogP contribution in [0.4, 0.5) is 0 Å². The summed E-state index contributed by atoms with van der Waals surface area (Å²) in [6.45, 7) is 3.49. The van der Waals surface area contributed by atoms with Crippen molar-refractivity contribution >= 4 is 21.9 Å². The van der Waals surface area contributed by atoms with Crippen LogP contribution in [0.2, 0.25) is 0 Å². The maximum atomic E-state index is 12.6. The van der Waals surface area contributed by atoms with Crippen molar-refractivity contribution < 1.29 is 22.7 Å².